The van der Waals surface area contributed by atoms with Crippen LogP contribution < -0.4 is 15.4 Å². The molecule has 2 aromatic carbocycles. The van der Waals surface area contributed by atoms with Gasteiger partial charge in [0.25, 0.3) is 11.1 Å². The van der Waals surface area contributed by atoms with Gasteiger partial charge >= 0.3 is 0 Å². The Kier molecular flexibility index (Phi) is 6.12. The second-order valence-electron chi connectivity index (χ2n) is 6.14. The van der Waals surface area contributed by atoms with E-state index in [4.69, 9.17) is 4.74 Å². The van der Waals surface area contributed by atoms with Gasteiger partial charge < -0.3 is 10.1 Å². The first-order chi connectivity index (χ1) is 13.8. The van der Waals surface area contributed by atoms with Gasteiger partial charge in [0.1, 0.15) is 5.75 Å². The topological polar surface area (TPSA) is 84.5 Å². The molecule has 0 spiro atoms. The Bertz CT molecular complexity index is 1000. The van der Waals surface area contributed by atoms with Crippen LogP contribution in [-0.4, -0.2) is 29.4 Å². The number of amides is 3. The summed E-state index contributed by atoms with van der Waals surface area (Å²) in [6, 6.07) is 6.48. The van der Waals surface area contributed by atoms with Crippen molar-refractivity contribution in [3.8, 4) is 5.75 Å². The minimum Gasteiger partial charge on any atom is -0.496 e. The molecule has 3 rings (SSSR count). The van der Waals surface area contributed by atoms with E-state index in [2.05, 4.69) is 10.6 Å². The van der Waals surface area contributed by atoms with Gasteiger partial charge in [-0.3, -0.25) is 19.7 Å². The SMILES string of the molecule is COc1ccc(CC2SC(=O)NC2=O)cc1C(=O)NCc1ccc(F)c(F)c1F. The number of ether oxygens (including phenoxy) is 1. The number of halogens is 3. The number of benzene rings is 2. The number of nitrogens with one attached hydrogen (secondary N) is 2. The second kappa shape index (κ2) is 8.56. The normalized spacial score (nSPS) is 15.9. The fraction of sp³-hybridized carbons (Fsp3) is 0.211. The van der Waals surface area contributed by atoms with Crippen molar-refractivity contribution in [2.24, 2.45) is 0 Å². The first kappa shape index (κ1) is 20.7. The fourth-order valence-electron chi connectivity index (χ4n) is 2.77. The maximum Gasteiger partial charge on any atom is 0.286 e. The zero-order valence-corrected chi connectivity index (χ0v) is 15.9. The number of methoxy groups -OCH3 is 1. The Morgan fingerprint density at radius 3 is 2.59 bits per heavy atom. The Morgan fingerprint density at radius 1 is 1.17 bits per heavy atom. The lowest BCUT2D eigenvalue weighted by Crippen LogP contribution is -2.26. The summed E-state index contributed by atoms with van der Waals surface area (Å²) in [5.41, 5.74) is 0.505. The molecule has 1 atom stereocenters. The van der Waals surface area contributed by atoms with Crippen molar-refractivity contribution in [2.45, 2.75) is 18.2 Å². The highest BCUT2D eigenvalue weighted by Gasteiger charge is 2.31. The molecule has 0 radical (unpaired) electrons. The number of hydrogen-bond donors (Lipinski definition) is 2. The summed E-state index contributed by atoms with van der Waals surface area (Å²) in [6.45, 7) is -0.370. The van der Waals surface area contributed by atoms with Crippen LogP contribution >= 0.6 is 11.8 Å². The summed E-state index contributed by atoms with van der Waals surface area (Å²) >= 11 is 0.865. The van der Waals surface area contributed by atoms with E-state index in [0.717, 1.165) is 23.9 Å². The van der Waals surface area contributed by atoms with Crippen LogP contribution in [0.25, 0.3) is 0 Å². The van der Waals surface area contributed by atoms with Gasteiger partial charge in [-0.05, 0) is 30.2 Å². The Hall–Kier alpha value is -3.01. The molecule has 1 aliphatic heterocycles. The van der Waals surface area contributed by atoms with Crippen LogP contribution in [0.3, 0.4) is 0 Å². The van der Waals surface area contributed by atoms with Crippen LogP contribution in [0, 0.1) is 17.5 Å². The van der Waals surface area contributed by atoms with Crippen LogP contribution in [0.5, 0.6) is 5.75 Å². The molecule has 0 aromatic heterocycles. The molecule has 3 amide bonds. The molecule has 1 saturated heterocycles. The van der Waals surface area contributed by atoms with Gasteiger partial charge in [0, 0.05) is 12.1 Å². The minimum absolute atomic E-state index is 0.114. The van der Waals surface area contributed by atoms with Crippen LogP contribution in [0.15, 0.2) is 30.3 Å². The van der Waals surface area contributed by atoms with Gasteiger partial charge in [-0.15, -0.1) is 0 Å². The van der Waals surface area contributed by atoms with Gasteiger partial charge in [0.05, 0.1) is 17.9 Å². The van der Waals surface area contributed by atoms with Crippen LogP contribution in [0.2, 0.25) is 0 Å². The van der Waals surface area contributed by atoms with Crippen LogP contribution in [0.1, 0.15) is 21.5 Å². The van der Waals surface area contributed by atoms with E-state index in [-0.39, 0.29) is 29.8 Å². The molecule has 6 nitrogen and oxygen atoms in total. The molecule has 152 valence electrons. The summed E-state index contributed by atoms with van der Waals surface area (Å²) in [4.78, 5) is 35.6. The Labute approximate surface area is 167 Å². The highest BCUT2D eigenvalue weighted by atomic mass is 32.2. The third kappa shape index (κ3) is 4.53. The van der Waals surface area contributed by atoms with E-state index >= 15 is 0 Å². The number of carbonyl (C=O) groups excluding carboxylic acids is 3. The number of thioether (sulfide) groups is 1. The molecule has 0 saturated carbocycles. The van der Waals surface area contributed by atoms with Gasteiger partial charge in [-0.2, -0.15) is 0 Å². The molecule has 1 unspecified atom stereocenters. The summed E-state index contributed by atoms with van der Waals surface area (Å²) in [7, 11) is 1.36. The zero-order chi connectivity index (χ0) is 21.1. The van der Waals surface area contributed by atoms with Gasteiger partial charge in [-0.1, -0.05) is 23.9 Å². The first-order valence-corrected chi connectivity index (χ1v) is 9.27. The van der Waals surface area contributed by atoms with Crippen molar-refractivity contribution < 1.29 is 32.3 Å². The summed E-state index contributed by atoms with van der Waals surface area (Å²) in [5, 5.41) is 3.58. The van der Waals surface area contributed by atoms with Crippen molar-refractivity contribution in [3.05, 3.63) is 64.5 Å². The largest absolute Gasteiger partial charge is 0.496 e. The predicted octanol–water partition coefficient (Wildman–Crippen LogP) is 2.94. The zero-order valence-electron chi connectivity index (χ0n) is 15.1. The van der Waals surface area contributed by atoms with E-state index in [9.17, 15) is 27.6 Å². The monoisotopic (exact) mass is 424 g/mol. The Balaban J connectivity index is 1.76. The van der Waals surface area contributed by atoms with Gasteiger partial charge in [0.15, 0.2) is 17.5 Å². The van der Waals surface area contributed by atoms with Crippen molar-refractivity contribution in [2.75, 3.05) is 7.11 Å². The average Bonchev–Trinajstić information content (AvgIpc) is 3.02. The van der Waals surface area contributed by atoms with Crippen LogP contribution in [-0.2, 0) is 17.8 Å². The second-order valence-corrected chi connectivity index (χ2v) is 7.31. The molecule has 2 N–H and O–H groups in total. The molecule has 1 heterocycles. The molecular formula is C19H15F3N2O4S. The smallest absolute Gasteiger partial charge is 0.286 e. The number of hydrogen-bond acceptors (Lipinski definition) is 5. The van der Waals surface area contributed by atoms with E-state index in [1.54, 1.807) is 6.07 Å². The number of imide groups is 1. The highest BCUT2D eigenvalue weighted by molar-refractivity contribution is 8.15. The molecule has 1 fully saturated rings. The van der Waals surface area contributed by atoms with Crippen molar-refractivity contribution >= 4 is 28.8 Å². The fourth-order valence-corrected chi connectivity index (χ4v) is 3.63. The summed E-state index contributed by atoms with van der Waals surface area (Å²) in [5.74, 6) is -5.11. The third-order valence-electron chi connectivity index (χ3n) is 4.25. The maximum absolute atomic E-state index is 13.8. The summed E-state index contributed by atoms with van der Waals surface area (Å²) in [6.07, 6.45) is 0.213. The van der Waals surface area contributed by atoms with E-state index in [0.29, 0.717) is 5.56 Å². The third-order valence-corrected chi connectivity index (χ3v) is 5.23. The van der Waals surface area contributed by atoms with Gasteiger partial charge in [0.2, 0.25) is 5.91 Å². The van der Waals surface area contributed by atoms with Crippen LogP contribution in [0.4, 0.5) is 18.0 Å². The minimum atomic E-state index is -1.61. The van der Waals surface area contributed by atoms with Gasteiger partial charge in [-0.25, -0.2) is 13.2 Å². The lowest BCUT2D eigenvalue weighted by Gasteiger charge is -2.13. The maximum atomic E-state index is 13.8. The van der Waals surface area contributed by atoms with Crippen molar-refractivity contribution in [3.63, 3.8) is 0 Å². The standard InChI is InChI=1S/C19H15F3N2O4S/c1-28-13-5-2-9(7-14-18(26)24-19(27)29-14)6-11(13)17(25)23-8-10-3-4-12(20)16(22)15(10)21/h2-6,14H,7-8H2,1H3,(H,23,25)(H,24,26,27). The number of carbonyl (C=O) groups is 3. The first-order valence-electron chi connectivity index (χ1n) is 8.39. The quantitative estimate of drug-likeness (QED) is 0.697. The molecule has 1 aliphatic rings. The van der Waals surface area contributed by atoms with E-state index < -0.39 is 39.8 Å². The molecular weight excluding hydrogens is 409 g/mol. The Morgan fingerprint density at radius 2 is 1.93 bits per heavy atom. The molecule has 29 heavy (non-hydrogen) atoms. The van der Waals surface area contributed by atoms with Crippen molar-refractivity contribution in [1.29, 1.82) is 0 Å². The lowest BCUT2D eigenvalue weighted by atomic mass is 10.0. The molecule has 2 aromatic rings. The lowest BCUT2D eigenvalue weighted by molar-refractivity contribution is -0.118. The van der Waals surface area contributed by atoms with E-state index in [1.807, 2.05) is 0 Å². The number of rotatable bonds is 6. The average molecular weight is 424 g/mol. The van der Waals surface area contributed by atoms with Crippen molar-refractivity contribution in [1.82, 2.24) is 10.6 Å². The highest BCUT2D eigenvalue weighted by Crippen LogP contribution is 2.26. The molecule has 0 bridgehead atoms. The van der Waals surface area contributed by atoms with E-state index in [1.165, 1.54) is 19.2 Å². The molecule has 0 aliphatic carbocycles. The molecule has 10 heteroatoms. The summed E-state index contributed by atoms with van der Waals surface area (Å²) < 4.78 is 45.3. The predicted molar refractivity (Wildman–Crippen MR) is 99.1 cm³/mol.